The van der Waals surface area contributed by atoms with Crippen molar-refractivity contribution in [3.63, 3.8) is 0 Å². The van der Waals surface area contributed by atoms with E-state index in [9.17, 15) is 22.0 Å². The molecule has 1 aliphatic heterocycles. The Hall–Kier alpha value is -1.78. The highest BCUT2D eigenvalue weighted by molar-refractivity contribution is 7.86. The number of carbonyl (C=O) groups is 1. The van der Waals surface area contributed by atoms with Crippen LogP contribution >= 0.6 is 0 Å². The maximum atomic E-state index is 12.4. The molecule has 0 unspecified atom stereocenters. The predicted octanol–water partition coefficient (Wildman–Crippen LogP) is 0.852. The Labute approximate surface area is 139 Å². The first-order chi connectivity index (χ1) is 11.2. The predicted molar refractivity (Wildman–Crippen MR) is 83.2 cm³/mol. The number of ether oxygens (including phenoxy) is 1. The van der Waals surface area contributed by atoms with Gasteiger partial charge in [-0.05, 0) is 18.2 Å². The van der Waals surface area contributed by atoms with Crippen molar-refractivity contribution in [2.75, 3.05) is 40.3 Å². The number of benzene rings is 1. The van der Waals surface area contributed by atoms with Crippen molar-refractivity contribution < 1.29 is 26.7 Å². The molecule has 0 bridgehead atoms. The lowest BCUT2D eigenvalue weighted by atomic mass is 10.1. The Bertz CT molecular complexity index is 689. The molecule has 2 rings (SSSR count). The van der Waals surface area contributed by atoms with Gasteiger partial charge in [-0.3, -0.25) is 4.79 Å². The van der Waals surface area contributed by atoms with E-state index >= 15 is 0 Å². The summed E-state index contributed by atoms with van der Waals surface area (Å²) in [6.07, 6.45) is 0. The molecule has 1 fully saturated rings. The molecule has 0 spiro atoms. The summed E-state index contributed by atoms with van der Waals surface area (Å²) in [5.74, 6) is -0.443. The van der Waals surface area contributed by atoms with Crippen molar-refractivity contribution in [3.8, 4) is 5.75 Å². The van der Waals surface area contributed by atoms with E-state index < -0.39 is 16.8 Å². The summed E-state index contributed by atoms with van der Waals surface area (Å²) in [6, 6.07) is 5.54. The van der Waals surface area contributed by atoms with Crippen molar-refractivity contribution in [2.45, 2.75) is 6.61 Å². The second-order valence-corrected chi connectivity index (χ2v) is 7.53. The lowest BCUT2D eigenvalue weighted by molar-refractivity contribution is -0.0499. The minimum absolute atomic E-state index is 0.0929. The quantitative estimate of drug-likeness (QED) is 0.778. The number of hydrogen-bond donors (Lipinski definition) is 0. The molecular formula is C14H19F2N3O4S. The molecule has 1 aromatic rings. The Morgan fingerprint density at radius 1 is 1.21 bits per heavy atom. The van der Waals surface area contributed by atoms with Crippen LogP contribution in [0, 0.1) is 0 Å². The van der Waals surface area contributed by atoms with E-state index in [2.05, 4.69) is 4.74 Å². The van der Waals surface area contributed by atoms with Gasteiger partial charge in [-0.1, -0.05) is 6.07 Å². The largest absolute Gasteiger partial charge is 0.435 e. The van der Waals surface area contributed by atoms with E-state index in [0.29, 0.717) is 0 Å². The van der Waals surface area contributed by atoms with Crippen LogP contribution in [0.3, 0.4) is 0 Å². The first-order valence-electron chi connectivity index (χ1n) is 7.23. The number of nitrogens with zero attached hydrogens (tertiary/aromatic N) is 3. The SMILES string of the molecule is CN(C)S(=O)(=O)N1CCN(C(=O)c2cccc(OC(F)F)c2)CC1. The van der Waals surface area contributed by atoms with Crippen LogP contribution in [0.15, 0.2) is 24.3 Å². The average molecular weight is 363 g/mol. The molecule has 1 saturated heterocycles. The van der Waals surface area contributed by atoms with E-state index in [4.69, 9.17) is 0 Å². The standard InChI is InChI=1S/C14H19F2N3O4S/c1-17(2)24(21,22)19-8-6-18(7-9-19)13(20)11-4-3-5-12(10-11)23-14(15)16/h3-5,10,14H,6-9H2,1-2H3. The molecule has 0 atom stereocenters. The summed E-state index contributed by atoms with van der Waals surface area (Å²) in [5, 5.41) is 0. The van der Waals surface area contributed by atoms with Crippen LogP contribution in [-0.4, -0.2) is 74.7 Å². The van der Waals surface area contributed by atoms with Gasteiger partial charge >= 0.3 is 6.61 Å². The van der Waals surface area contributed by atoms with E-state index in [1.165, 1.54) is 47.6 Å². The molecule has 1 aromatic carbocycles. The van der Waals surface area contributed by atoms with Crippen molar-refractivity contribution >= 4 is 16.1 Å². The number of carbonyl (C=O) groups excluding carboxylic acids is 1. The highest BCUT2D eigenvalue weighted by Crippen LogP contribution is 2.18. The Kier molecular flexibility index (Phi) is 5.73. The van der Waals surface area contributed by atoms with Gasteiger partial charge in [0.25, 0.3) is 16.1 Å². The summed E-state index contributed by atoms with van der Waals surface area (Å²) < 4.78 is 55.3. The first-order valence-corrected chi connectivity index (χ1v) is 8.63. The van der Waals surface area contributed by atoms with E-state index in [0.717, 1.165) is 4.31 Å². The van der Waals surface area contributed by atoms with Gasteiger partial charge in [-0.25, -0.2) is 0 Å². The number of alkyl halides is 2. The minimum Gasteiger partial charge on any atom is -0.435 e. The Morgan fingerprint density at radius 2 is 1.83 bits per heavy atom. The number of halogens is 2. The summed E-state index contributed by atoms with van der Waals surface area (Å²) >= 11 is 0. The summed E-state index contributed by atoms with van der Waals surface area (Å²) in [5.41, 5.74) is 0.220. The zero-order valence-electron chi connectivity index (χ0n) is 13.4. The highest BCUT2D eigenvalue weighted by atomic mass is 32.2. The molecule has 0 aliphatic carbocycles. The number of amides is 1. The fourth-order valence-electron chi connectivity index (χ4n) is 2.34. The molecule has 0 radical (unpaired) electrons. The van der Waals surface area contributed by atoms with Crippen LogP contribution in [0.1, 0.15) is 10.4 Å². The van der Waals surface area contributed by atoms with Crippen LogP contribution in [0.2, 0.25) is 0 Å². The second-order valence-electron chi connectivity index (χ2n) is 5.39. The maximum Gasteiger partial charge on any atom is 0.387 e. The van der Waals surface area contributed by atoms with E-state index in [1.54, 1.807) is 0 Å². The third-order valence-corrected chi connectivity index (χ3v) is 5.56. The van der Waals surface area contributed by atoms with E-state index in [-0.39, 0.29) is 43.4 Å². The van der Waals surface area contributed by atoms with Crippen molar-refractivity contribution in [2.24, 2.45) is 0 Å². The molecule has 1 heterocycles. The third kappa shape index (κ3) is 4.19. The topological polar surface area (TPSA) is 70.2 Å². The fraction of sp³-hybridized carbons (Fsp3) is 0.500. The number of rotatable bonds is 5. The van der Waals surface area contributed by atoms with Crippen molar-refractivity contribution in [1.82, 2.24) is 13.5 Å². The first kappa shape index (κ1) is 18.6. The summed E-state index contributed by atoms with van der Waals surface area (Å²) in [6.45, 7) is -2.15. The van der Waals surface area contributed by atoms with Gasteiger partial charge < -0.3 is 9.64 Å². The van der Waals surface area contributed by atoms with E-state index in [1.807, 2.05) is 0 Å². The van der Waals surface area contributed by atoms with Crippen LogP contribution in [0.25, 0.3) is 0 Å². The van der Waals surface area contributed by atoms with Crippen LogP contribution in [0.5, 0.6) is 5.75 Å². The lowest BCUT2D eigenvalue weighted by Gasteiger charge is -2.35. The number of piperazine rings is 1. The molecule has 134 valence electrons. The summed E-state index contributed by atoms with van der Waals surface area (Å²) in [4.78, 5) is 13.9. The minimum atomic E-state index is -3.51. The summed E-state index contributed by atoms with van der Waals surface area (Å²) in [7, 11) is -0.617. The molecule has 0 N–H and O–H groups in total. The van der Waals surface area contributed by atoms with Gasteiger partial charge in [-0.2, -0.15) is 25.8 Å². The molecule has 1 aliphatic rings. The zero-order chi connectivity index (χ0) is 17.9. The molecule has 1 amide bonds. The van der Waals surface area contributed by atoms with Gasteiger partial charge in [0.05, 0.1) is 0 Å². The zero-order valence-corrected chi connectivity index (χ0v) is 14.2. The molecular weight excluding hydrogens is 344 g/mol. The van der Waals surface area contributed by atoms with Crippen molar-refractivity contribution in [1.29, 1.82) is 0 Å². The monoisotopic (exact) mass is 363 g/mol. The van der Waals surface area contributed by atoms with Gasteiger partial charge in [-0.15, -0.1) is 0 Å². The van der Waals surface area contributed by atoms with Gasteiger partial charge in [0.2, 0.25) is 0 Å². The molecule has 7 nitrogen and oxygen atoms in total. The molecule has 10 heteroatoms. The van der Waals surface area contributed by atoms with Crippen LogP contribution in [-0.2, 0) is 10.2 Å². The Balaban J connectivity index is 2.03. The van der Waals surface area contributed by atoms with Gasteiger partial charge in [0, 0.05) is 45.8 Å². The van der Waals surface area contributed by atoms with Gasteiger partial charge in [0.15, 0.2) is 0 Å². The Morgan fingerprint density at radius 3 is 2.38 bits per heavy atom. The molecule has 0 saturated carbocycles. The highest BCUT2D eigenvalue weighted by Gasteiger charge is 2.30. The lowest BCUT2D eigenvalue weighted by Crippen LogP contribution is -2.53. The second kappa shape index (κ2) is 7.41. The van der Waals surface area contributed by atoms with Crippen molar-refractivity contribution in [3.05, 3.63) is 29.8 Å². The van der Waals surface area contributed by atoms with Crippen LogP contribution in [0.4, 0.5) is 8.78 Å². The molecule has 24 heavy (non-hydrogen) atoms. The normalized spacial score (nSPS) is 16.7. The fourth-order valence-corrected chi connectivity index (χ4v) is 3.43. The smallest absolute Gasteiger partial charge is 0.387 e. The van der Waals surface area contributed by atoms with Gasteiger partial charge in [0.1, 0.15) is 5.75 Å². The third-order valence-electron chi connectivity index (χ3n) is 3.62. The average Bonchev–Trinajstić information content (AvgIpc) is 2.53. The number of hydrogen-bond acceptors (Lipinski definition) is 4. The maximum absolute atomic E-state index is 12.4. The molecule has 0 aromatic heterocycles. The van der Waals surface area contributed by atoms with Crippen LogP contribution < -0.4 is 4.74 Å².